The summed E-state index contributed by atoms with van der Waals surface area (Å²) in [7, 11) is -5.67. The number of carbonyl (C=O) groups is 2. The average Bonchev–Trinajstić information content (AvgIpc) is 2.62. The average molecular weight is 489 g/mol. The van der Waals surface area contributed by atoms with E-state index in [1.165, 1.54) is 39.5 Å². The standard InChI is InChI=1S/C7H8O2S.C7H8.2C3H6O.C2H6O2S.C2H6/c1-10(8,9)7-5-3-2-4-6-7;1-7-5-3-2-4-6-7;2*1-3(2)4;1-5(2,3)4;1-2/h2-6H,1H3;2-6H,1H3;2*1-2H3;1-2H3;1-2H3. The zero-order valence-corrected chi connectivity index (χ0v) is 22.7. The molecular formula is C24H40O6S2. The lowest BCUT2D eigenvalue weighted by atomic mass is 10.2. The Hall–Kier alpha value is -2.32. The normalized spacial score (nSPS) is 9.06. The number of benzene rings is 2. The summed E-state index contributed by atoms with van der Waals surface area (Å²) in [4.78, 5) is 19.3. The fourth-order valence-electron chi connectivity index (χ4n) is 1.20. The van der Waals surface area contributed by atoms with Crippen molar-refractivity contribution in [2.75, 3.05) is 18.8 Å². The van der Waals surface area contributed by atoms with Crippen LogP contribution in [0.5, 0.6) is 0 Å². The van der Waals surface area contributed by atoms with E-state index in [9.17, 15) is 26.4 Å². The summed E-state index contributed by atoms with van der Waals surface area (Å²) in [5.41, 5.74) is 1.32. The number of ketones is 2. The zero-order chi connectivity index (χ0) is 26.4. The van der Waals surface area contributed by atoms with Crippen molar-refractivity contribution in [2.24, 2.45) is 0 Å². The van der Waals surface area contributed by atoms with E-state index in [4.69, 9.17) is 0 Å². The molecule has 0 aliphatic heterocycles. The predicted molar refractivity (Wildman–Crippen MR) is 136 cm³/mol. The van der Waals surface area contributed by atoms with Gasteiger partial charge in [-0.3, -0.25) is 0 Å². The Morgan fingerprint density at radius 1 is 0.594 bits per heavy atom. The van der Waals surface area contributed by atoms with Gasteiger partial charge >= 0.3 is 0 Å². The molecule has 0 spiro atoms. The molecule has 0 atom stereocenters. The summed E-state index contributed by atoms with van der Waals surface area (Å²) in [5.74, 6) is 0.333. The van der Waals surface area contributed by atoms with Gasteiger partial charge in [0.15, 0.2) is 9.84 Å². The molecule has 0 saturated heterocycles. The van der Waals surface area contributed by atoms with Crippen molar-refractivity contribution < 1.29 is 26.4 Å². The predicted octanol–water partition coefficient (Wildman–Crippen LogP) is 4.96. The molecule has 0 bridgehead atoms. The van der Waals surface area contributed by atoms with E-state index in [1.54, 1.807) is 30.3 Å². The van der Waals surface area contributed by atoms with E-state index in [2.05, 4.69) is 19.1 Å². The van der Waals surface area contributed by atoms with Crippen LogP contribution in [0.2, 0.25) is 0 Å². The molecule has 0 unspecified atom stereocenters. The molecule has 0 N–H and O–H groups in total. The molecule has 6 nitrogen and oxygen atoms in total. The van der Waals surface area contributed by atoms with Gasteiger partial charge in [-0.15, -0.1) is 0 Å². The molecule has 0 aliphatic rings. The first-order chi connectivity index (χ1) is 14.5. The fraction of sp³-hybridized carbons (Fsp3) is 0.417. The van der Waals surface area contributed by atoms with Crippen molar-refractivity contribution in [2.45, 2.75) is 53.4 Å². The maximum absolute atomic E-state index is 10.8. The molecule has 2 aromatic rings. The van der Waals surface area contributed by atoms with Crippen LogP contribution in [0.1, 0.15) is 47.1 Å². The molecule has 0 saturated carbocycles. The number of Topliss-reactive ketones (excluding diaryl/α,β-unsaturated/α-hetero) is 2. The summed E-state index contributed by atoms with van der Waals surface area (Å²) in [6.07, 6.45) is 3.52. The van der Waals surface area contributed by atoms with E-state index in [-0.39, 0.29) is 11.6 Å². The van der Waals surface area contributed by atoms with Crippen LogP contribution < -0.4 is 0 Å². The SMILES string of the molecule is CC.CC(C)=O.CC(C)=O.CS(=O)(=O)c1ccccc1.CS(C)(=O)=O.Cc1ccccc1. The van der Waals surface area contributed by atoms with Crippen LogP contribution in [0.4, 0.5) is 0 Å². The third-order valence-electron chi connectivity index (χ3n) is 2.11. The topological polar surface area (TPSA) is 102 Å². The number of rotatable bonds is 1. The van der Waals surface area contributed by atoms with Gasteiger partial charge < -0.3 is 9.59 Å². The summed E-state index contributed by atoms with van der Waals surface area (Å²) in [6, 6.07) is 18.6. The van der Waals surface area contributed by atoms with Crippen molar-refractivity contribution in [3.63, 3.8) is 0 Å². The summed E-state index contributed by atoms with van der Waals surface area (Å²) in [5, 5.41) is 0. The molecule has 2 aromatic carbocycles. The fourth-order valence-corrected chi connectivity index (χ4v) is 1.85. The van der Waals surface area contributed by atoms with Gasteiger partial charge in [0.2, 0.25) is 0 Å². The van der Waals surface area contributed by atoms with E-state index < -0.39 is 19.7 Å². The Kier molecular flexibility index (Phi) is 25.3. The zero-order valence-electron chi connectivity index (χ0n) is 21.0. The van der Waals surface area contributed by atoms with Crippen LogP contribution in [0.15, 0.2) is 65.6 Å². The molecule has 0 heterocycles. The minimum absolute atomic E-state index is 0.167. The molecule has 0 aromatic heterocycles. The summed E-state index contributed by atoms with van der Waals surface area (Å²) >= 11 is 0. The molecule has 2 rings (SSSR count). The third-order valence-corrected chi connectivity index (χ3v) is 3.24. The first kappa shape index (κ1) is 37.0. The third kappa shape index (κ3) is 50.9. The maximum Gasteiger partial charge on any atom is 0.175 e. The lowest BCUT2D eigenvalue weighted by molar-refractivity contribution is -0.115. The highest BCUT2D eigenvalue weighted by atomic mass is 32.2. The van der Waals surface area contributed by atoms with E-state index in [0.717, 1.165) is 12.5 Å². The summed E-state index contributed by atoms with van der Waals surface area (Å²) < 4.78 is 40.9. The van der Waals surface area contributed by atoms with Gasteiger partial charge in [-0.05, 0) is 46.8 Å². The van der Waals surface area contributed by atoms with Gasteiger partial charge in [-0.25, -0.2) is 16.8 Å². The van der Waals surface area contributed by atoms with Crippen molar-refractivity contribution in [1.29, 1.82) is 0 Å². The minimum Gasteiger partial charge on any atom is -0.300 e. The number of hydrogen-bond acceptors (Lipinski definition) is 6. The monoisotopic (exact) mass is 488 g/mol. The van der Waals surface area contributed by atoms with Gasteiger partial charge in [0.05, 0.1) is 4.90 Å². The molecule has 0 amide bonds. The van der Waals surface area contributed by atoms with E-state index in [1.807, 2.05) is 32.0 Å². The van der Waals surface area contributed by atoms with Crippen LogP contribution in [-0.2, 0) is 29.3 Å². The number of hydrogen-bond donors (Lipinski definition) is 0. The van der Waals surface area contributed by atoms with Gasteiger partial charge in [0.1, 0.15) is 21.4 Å². The molecule has 0 aliphatic carbocycles. The van der Waals surface area contributed by atoms with Gasteiger partial charge in [-0.2, -0.15) is 0 Å². The lowest BCUT2D eigenvalue weighted by Crippen LogP contribution is -1.95. The van der Waals surface area contributed by atoms with Crippen molar-refractivity contribution in [3.8, 4) is 0 Å². The van der Waals surface area contributed by atoms with Crippen LogP contribution in [0.25, 0.3) is 0 Å². The smallest absolute Gasteiger partial charge is 0.175 e. The van der Waals surface area contributed by atoms with Crippen LogP contribution in [0, 0.1) is 6.92 Å². The van der Waals surface area contributed by atoms with Gasteiger partial charge in [-0.1, -0.05) is 67.9 Å². The lowest BCUT2D eigenvalue weighted by Gasteiger charge is -1.93. The Bertz CT molecular complexity index is 891. The van der Waals surface area contributed by atoms with Crippen LogP contribution >= 0.6 is 0 Å². The highest BCUT2D eigenvalue weighted by molar-refractivity contribution is 7.90. The number of carbonyl (C=O) groups excluding carboxylic acids is 2. The summed E-state index contributed by atoms with van der Waals surface area (Å²) in [6.45, 7) is 12.2. The van der Waals surface area contributed by atoms with Crippen molar-refractivity contribution in [1.82, 2.24) is 0 Å². The Morgan fingerprint density at radius 2 is 0.812 bits per heavy atom. The molecule has 0 fully saturated rings. The van der Waals surface area contributed by atoms with Gasteiger partial charge in [0.25, 0.3) is 0 Å². The van der Waals surface area contributed by atoms with Crippen LogP contribution in [0.3, 0.4) is 0 Å². The number of sulfone groups is 2. The molecule has 184 valence electrons. The van der Waals surface area contributed by atoms with Crippen molar-refractivity contribution in [3.05, 3.63) is 66.2 Å². The van der Waals surface area contributed by atoms with Gasteiger partial charge in [0, 0.05) is 18.8 Å². The second-order valence-corrected chi connectivity index (χ2v) is 11.0. The second-order valence-electron chi connectivity index (χ2n) is 6.70. The largest absolute Gasteiger partial charge is 0.300 e. The molecule has 0 radical (unpaired) electrons. The first-order valence-electron chi connectivity index (χ1n) is 9.83. The molecule has 8 heteroatoms. The second kappa shape index (κ2) is 21.9. The first-order valence-corrected chi connectivity index (χ1v) is 14.0. The maximum atomic E-state index is 10.8. The quantitative estimate of drug-likeness (QED) is 0.562. The Morgan fingerprint density at radius 3 is 0.938 bits per heavy atom. The minimum atomic E-state index is -3.00. The number of aryl methyl sites for hydroxylation is 1. The van der Waals surface area contributed by atoms with E-state index >= 15 is 0 Å². The highest BCUT2D eigenvalue weighted by Crippen LogP contribution is 2.05. The Balaban J connectivity index is -0.000000158. The van der Waals surface area contributed by atoms with Crippen LogP contribution in [-0.4, -0.2) is 47.2 Å². The molecule has 32 heavy (non-hydrogen) atoms. The van der Waals surface area contributed by atoms with E-state index in [0.29, 0.717) is 4.90 Å². The van der Waals surface area contributed by atoms with Crippen molar-refractivity contribution >= 4 is 31.2 Å². The highest BCUT2D eigenvalue weighted by Gasteiger charge is 2.02. The molecular weight excluding hydrogens is 448 g/mol. The Labute approximate surface area is 195 Å².